The van der Waals surface area contributed by atoms with Crippen molar-refractivity contribution in [1.29, 1.82) is 0 Å². The van der Waals surface area contributed by atoms with Crippen molar-refractivity contribution in [2.75, 3.05) is 13.1 Å². The number of hydrogen-bond acceptors (Lipinski definition) is 3. The molecule has 2 amide bonds. The number of halogens is 2. The van der Waals surface area contributed by atoms with Gasteiger partial charge in [-0.15, -0.1) is 0 Å². The highest BCUT2D eigenvalue weighted by Crippen LogP contribution is 2.33. The summed E-state index contributed by atoms with van der Waals surface area (Å²) in [4.78, 5) is 25.9. The molecule has 1 saturated heterocycles. The van der Waals surface area contributed by atoms with Crippen LogP contribution in [0.25, 0.3) is 0 Å². The Hall–Kier alpha value is -2.71. The maximum Gasteiger partial charge on any atom is 0.343 e. The van der Waals surface area contributed by atoms with E-state index in [0.29, 0.717) is 44.3 Å². The topological polar surface area (TPSA) is 83.0 Å². The van der Waals surface area contributed by atoms with Crippen LogP contribution < -0.4 is 11.0 Å². The van der Waals surface area contributed by atoms with Gasteiger partial charge in [0.05, 0.1) is 6.04 Å². The fraction of sp³-hybridized carbons (Fsp3) is 0.471. The Bertz CT molecular complexity index is 886. The van der Waals surface area contributed by atoms with E-state index in [9.17, 15) is 18.4 Å². The Morgan fingerprint density at radius 2 is 1.92 bits per heavy atom. The van der Waals surface area contributed by atoms with E-state index in [1.54, 1.807) is 9.47 Å². The first kappa shape index (κ1) is 16.7. The summed E-state index contributed by atoms with van der Waals surface area (Å²) in [6.07, 6.45) is 4.04. The van der Waals surface area contributed by atoms with Crippen LogP contribution in [-0.2, 0) is 6.42 Å². The van der Waals surface area contributed by atoms with Crippen molar-refractivity contribution in [3.05, 3.63) is 51.7 Å². The molecule has 26 heavy (non-hydrogen) atoms. The van der Waals surface area contributed by atoms with Gasteiger partial charge in [-0.1, -0.05) is 0 Å². The molecule has 2 aromatic rings. The number of aromatic amines is 1. The number of likely N-dealkylation sites (tertiary alicyclic amines) is 1. The van der Waals surface area contributed by atoms with Crippen LogP contribution >= 0.6 is 0 Å². The number of H-pyrrole nitrogens is 1. The second-order valence-electron chi connectivity index (χ2n) is 6.79. The lowest BCUT2D eigenvalue weighted by molar-refractivity contribution is 0.167. The first-order chi connectivity index (χ1) is 12.5. The molecule has 1 aromatic heterocycles. The smallest absolute Gasteiger partial charge is 0.331 e. The van der Waals surface area contributed by atoms with Gasteiger partial charge in [0.1, 0.15) is 6.33 Å². The van der Waals surface area contributed by atoms with Gasteiger partial charge in [0, 0.05) is 19.1 Å². The van der Waals surface area contributed by atoms with Gasteiger partial charge in [-0.25, -0.2) is 23.5 Å². The van der Waals surface area contributed by atoms with E-state index in [0.717, 1.165) is 5.56 Å². The van der Waals surface area contributed by atoms with Gasteiger partial charge < -0.3 is 10.2 Å². The number of urea groups is 1. The summed E-state index contributed by atoms with van der Waals surface area (Å²) < 4.78 is 28.4. The van der Waals surface area contributed by atoms with E-state index < -0.39 is 11.6 Å². The predicted octanol–water partition coefficient (Wildman–Crippen LogP) is 1.88. The average molecular weight is 363 g/mol. The maximum atomic E-state index is 13.5. The molecule has 2 aliphatic rings. The van der Waals surface area contributed by atoms with Crippen LogP contribution in [0, 0.1) is 11.6 Å². The van der Waals surface area contributed by atoms with E-state index in [1.807, 2.05) is 0 Å². The minimum Gasteiger partial charge on any atom is -0.331 e. The fourth-order valence-corrected chi connectivity index (χ4v) is 3.85. The second-order valence-corrected chi connectivity index (χ2v) is 6.79. The minimum absolute atomic E-state index is 0.0228. The SMILES string of the molecule is O=C(NC1CCc2cc(F)c(F)cc21)N1CCC(n2cn[nH]c2=O)CC1. The van der Waals surface area contributed by atoms with Crippen molar-refractivity contribution in [3.63, 3.8) is 0 Å². The largest absolute Gasteiger partial charge is 0.343 e. The third kappa shape index (κ3) is 2.97. The molecule has 1 atom stereocenters. The van der Waals surface area contributed by atoms with Crippen molar-refractivity contribution in [2.45, 2.75) is 37.8 Å². The Morgan fingerprint density at radius 1 is 1.19 bits per heavy atom. The number of benzene rings is 1. The first-order valence-corrected chi connectivity index (χ1v) is 8.67. The lowest BCUT2D eigenvalue weighted by Gasteiger charge is -2.33. The van der Waals surface area contributed by atoms with E-state index in [-0.39, 0.29) is 23.8 Å². The summed E-state index contributed by atoms with van der Waals surface area (Å²) in [6, 6.07) is 1.90. The number of aryl methyl sites for hydroxylation is 1. The molecule has 138 valence electrons. The van der Waals surface area contributed by atoms with E-state index in [1.165, 1.54) is 18.5 Å². The molecule has 4 rings (SSSR count). The first-order valence-electron chi connectivity index (χ1n) is 8.67. The van der Waals surface area contributed by atoms with Crippen LogP contribution in [0.3, 0.4) is 0 Å². The molecule has 0 saturated carbocycles. The Labute approximate surface area is 148 Å². The number of carbonyl (C=O) groups is 1. The zero-order valence-corrected chi connectivity index (χ0v) is 14.0. The van der Waals surface area contributed by atoms with Gasteiger partial charge in [0.2, 0.25) is 0 Å². The number of carbonyl (C=O) groups excluding carboxylic acids is 1. The van der Waals surface area contributed by atoms with Crippen molar-refractivity contribution in [2.24, 2.45) is 0 Å². The Morgan fingerprint density at radius 3 is 2.62 bits per heavy atom. The summed E-state index contributed by atoms with van der Waals surface area (Å²) in [5.41, 5.74) is 1.15. The van der Waals surface area contributed by atoms with Crippen LogP contribution in [0.15, 0.2) is 23.3 Å². The highest BCUT2D eigenvalue weighted by molar-refractivity contribution is 5.75. The van der Waals surface area contributed by atoms with Crippen molar-refractivity contribution in [3.8, 4) is 0 Å². The molecular formula is C17H19F2N5O2. The molecule has 0 radical (unpaired) electrons. The van der Waals surface area contributed by atoms with Gasteiger partial charge in [0.25, 0.3) is 0 Å². The van der Waals surface area contributed by atoms with Crippen LogP contribution in [0.4, 0.5) is 13.6 Å². The summed E-state index contributed by atoms with van der Waals surface area (Å²) in [7, 11) is 0. The zero-order valence-electron chi connectivity index (χ0n) is 14.0. The molecule has 1 unspecified atom stereocenters. The zero-order chi connectivity index (χ0) is 18.3. The number of piperidine rings is 1. The molecule has 2 N–H and O–H groups in total. The third-order valence-electron chi connectivity index (χ3n) is 5.28. The van der Waals surface area contributed by atoms with Crippen molar-refractivity contribution < 1.29 is 13.6 Å². The number of hydrogen-bond donors (Lipinski definition) is 2. The van der Waals surface area contributed by atoms with Crippen LogP contribution in [0.5, 0.6) is 0 Å². The number of amides is 2. The molecule has 1 fully saturated rings. The molecule has 1 aliphatic heterocycles. The summed E-state index contributed by atoms with van der Waals surface area (Å²) in [6.45, 7) is 1.04. The third-order valence-corrected chi connectivity index (χ3v) is 5.28. The molecule has 9 heteroatoms. The summed E-state index contributed by atoms with van der Waals surface area (Å²) in [5.74, 6) is -1.75. The Kier molecular flexibility index (Phi) is 4.21. The summed E-state index contributed by atoms with van der Waals surface area (Å²) in [5, 5.41) is 9.03. The lowest BCUT2D eigenvalue weighted by Crippen LogP contribution is -2.46. The molecule has 0 bridgehead atoms. The summed E-state index contributed by atoms with van der Waals surface area (Å²) >= 11 is 0. The standard InChI is InChI=1S/C17H19F2N5O2/c18-13-7-10-1-2-15(12(10)8-14(13)19)21-16(25)23-5-3-11(4-6-23)24-9-20-22-17(24)26/h7-9,11,15H,1-6H2,(H,21,25)(H,22,26). The van der Waals surface area contributed by atoms with Gasteiger partial charge >= 0.3 is 11.7 Å². The highest BCUT2D eigenvalue weighted by atomic mass is 19.2. The van der Waals surface area contributed by atoms with E-state index in [2.05, 4.69) is 15.5 Å². The lowest BCUT2D eigenvalue weighted by atomic mass is 10.1. The number of aromatic nitrogens is 3. The monoisotopic (exact) mass is 363 g/mol. The molecule has 2 heterocycles. The molecule has 1 aliphatic carbocycles. The fourth-order valence-electron chi connectivity index (χ4n) is 3.85. The van der Waals surface area contributed by atoms with Crippen LogP contribution in [-0.4, -0.2) is 38.8 Å². The average Bonchev–Trinajstić information content (AvgIpc) is 3.22. The molecule has 7 nitrogen and oxygen atoms in total. The Balaban J connectivity index is 1.38. The van der Waals surface area contributed by atoms with Crippen molar-refractivity contribution >= 4 is 6.03 Å². The van der Waals surface area contributed by atoms with Crippen LogP contribution in [0.2, 0.25) is 0 Å². The van der Waals surface area contributed by atoms with Crippen molar-refractivity contribution in [1.82, 2.24) is 25.0 Å². The molecule has 0 spiro atoms. The molecular weight excluding hydrogens is 344 g/mol. The number of nitrogens with one attached hydrogen (secondary N) is 2. The van der Waals surface area contributed by atoms with Gasteiger partial charge in [-0.3, -0.25) is 4.57 Å². The molecule has 1 aromatic carbocycles. The number of nitrogens with zero attached hydrogens (tertiary/aromatic N) is 3. The van der Waals surface area contributed by atoms with Gasteiger partial charge in [0.15, 0.2) is 11.6 Å². The number of fused-ring (bicyclic) bond motifs is 1. The maximum absolute atomic E-state index is 13.5. The number of rotatable bonds is 2. The van der Waals surface area contributed by atoms with Gasteiger partial charge in [-0.2, -0.15) is 5.10 Å². The highest BCUT2D eigenvalue weighted by Gasteiger charge is 2.29. The predicted molar refractivity (Wildman–Crippen MR) is 88.6 cm³/mol. The van der Waals surface area contributed by atoms with E-state index in [4.69, 9.17) is 0 Å². The minimum atomic E-state index is -0.892. The van der Waals surface area contributed by atoms with Gasteiger partial charge in [-0.05, 0) is 48.9 Å². The van der Waals surface area contributed by atoms with E-state index >= 15 is 0 Å². The second kappa shape index (κ2) is 6.54. The normalized spacial score (nSPS) is 20.2. The van der Waals surface area contributed by atoms with Crippen LogP contribution in [0.1, 0.15) is 42.5 Å². The quantitative estimate of drug-likeness (QED) is 0.855.